The van der Waals surface area contributed by atoms with Gasteiger partial charge in [-0.05, 0) is 91.3 Å². The fourth-order valence-corrected chi connectivity index (χ4v) is 6.71. The Labute approximate surface area is 290 Å². The van der Waals surface area contributed by atoms with Gasteiger partial charge in [-0.3, -0.25) is 14.6 Å². The highest BCUT2D eigenvalue weighted by atomic mass is 16.2. The highest BCUT2D eigenvalue weighted by Crippen LogP contribution is 2.29. The van der Waals surface area contributed by atoms with Crippen LogP contribution in [0.3, 0.4) is 0 Å². The smallest absolute Gasteiger partial charge is 0.244 e. The maximum atomic E-state index is 13.8. The molecule has 0 radical (unpaired) electrons. The number of fused-ring (bicyclic) bond motifs is 1. The first-order valence-corrected chi connectivity index (χ1v) is 17.4. The number of likely N-dealkylation sites (N-methyl/N-ethyl adjacent to an activating group) is 1. The van der Waals surface area contributed by atoms with Gasteiger partial charge in [0.2, 0.25) is 5.91 Å². The van der Waals surface area contributed by atoms with E-state index >= 15 is 0 Å². The lowest BCUT2D eigenvalue weighted by molar-refractivity contribution is -0.136. The number of amides is 1. The van der Waals surface area contributed by atoms with Gasteiger partial charge >= 0.3 is 0 Å². The maximum Gasteiger partial charge on any atom is 0.244 e. The number of nitrogens with one attached hydrogen (secondary N) is 3. The van der Waals surface area contributed by atoms with Crippen LogP contribution in [0.25, 0.3) is 38.9 Å². The van der Waals surface area contributed by atoms with E-state index in [0.717, 1.165) is 59.8 Å². The second kappa shape index (κ2) is 15.5. The van der Waals surface area contributed by atoms with Crippen molar-refractivity contribution in [2.75, 3.05) is 40.8 Å². The molecule has 0 saturated heterocycles. The van der Waals surface area contributed by atoms with Gasteiger partial charge in [-0.1, -0.05) is 92.7 Å². The molecular formula is C41H49N7O. The van der Waals surface area contributed by atoms with E-state index in [1.54, 1.807) is 0 Å². The number of H-pyrrole nitrogens is 1. The van der Waals surface area contributed by atoms with Crippen molar-refractivity contribution in [1.82, 2.24) is 35.3 Å². The fraction of sp³-hybridized carbons (Fsp3) is 0.317. The third kappa shape index (κ3) is 8.04. The molecule has 0 bridgehead atoms. The number of hydrogen-bond acceptors (Lipinski definition) is 6. The first kappa shape index (κ1) is 34.0. The Balaban J connectivity index is 1.10. The van der Waals surface area contributed by atoms with Crippen LogP contribution in [0.2, 0.25) is 0 Å². The summed E-state index contributed by atoms with van der Waals surface area (Å²) >= 11 is 0. The fourth-order valence-electron chi connectivity index (χ4n) is 6.71. The Hall–Kier alpha value is -4.92. The lowest BCUT2D eigenvalue weighted by Gasteiger charge is -2.32. The Kier molecular flexibility index (Phi) is 10.8. The van der Waals surface area contributed by atoms with Gasteiger partial charge in [0.15, 0.2) is 0 Å². The van der Waals surface area contributed by atoms with Gasteiger partial charge in [0.05, 0.1) is 30.7 Å². The Morgan fingerprint density at radius 2 is 1.45 bits per heavy atom. The van der Waals surface area contributed by atoms with Crippen molar-refractivity contribution in [2.24, 2.45) is 0 Å². The van der Waals surface area contributed by atoms with Crippen molar-refractivity contribution in [3.05, 3.63) is 120 Å². The summed E-state index contributed by atoms with van der Waals surface area (Å²) in [6, 6.07) is 31.6. The Bertz CT molecular complexity index is 1880. The first-order valence-electron chi connectivity index (χ1n) is 17.4. The van der Waals surface area contributed by atoms with E-state index < -0.39 is 0 Å². The average Bonchev–Trinajstić information content (AvgIpc) is 3.78. The molecule has 0 fully saturated rings. The quantitative estimate of drug-likeness (QED) is 0.119. The molecule has 8 nitrogen and oxygen atoms in total. The average molecular weight is 656 g/mol. The molecule has 254 valence electrons. The second-order valence-corrected chi connectivity index (χ2v) is 13.3. The summed E-state index contributed by atoms with van der Waals surface area (Å²) in [6.07, 6.45) is 5.92. The topological polar surface area (TPSA) is 79.5 Å². The van der Waals surface area contributed by atoms with Crippen molar-refractivity contribution in [2.45, 2.75) is 45.4 Å². The number of benzene rings is 4. The summed E-state index contributed by atoms with van der Waals surface area (Å²) in [4.78, 5) is 28.2. The lowest BCUT2D eigenvalue weighted by atomic mass is 9.98. The van der Waals surface area contributed by atoms with Gasteiger partial charge in [-0.15, -0.1) is 0 Å². The summed E-state index contributed by atoms with van der Waals surface area (Å²) in [5.74, 6) is 1.11. The van der Waals surface area contributed by atoms with Crippen molar-refractivity contribution in [3.8, 4) is 22.4 Å². The maximum absolute atomic E-state index is 13.8. The zero-order valence-corrected chi connectivity index (χ0v) is 29.4. The second-order valence-electron chi connectivity index (χ2n) is 13.3. The highest BCUT2D eigenvalue weighted by molar-refractivity contribution is 5.90. The van der Waals surface area contributed by atoms with E-state index in [1.807, 2.05) is 66.6 Å². The number of aromatic amines is 1. The first-order chi connectivity index (χ1) is 23.8. The number of nitrogens with zero attached hydrogens (tertiary/aromatic N) is 4. The predicted octanol–water partition coefficient (Wildman–Crippen LogP) is 7.10. The molecule has 3 N–H and O–H groups in total. The molecule has 2 unspecified atom stereocenters. The SMILES string of the molecule is CCCN(C)Cc1ncc(-c2ccc(-c3ccc4cc(C5=CNC(CN(CCC)C(=O)C(c6ccccc6)N(C)C)N5)ccc4c3)cc2)[nH]1. The number of aromatic nitrogens is 2. The summed E-state index contributed by atoms with van der Waals surface area (Å²) in [5.41, 5.74) is 7.69. The zero-order chi connectivity index (χ0) is 34.3. The van der Waals surface area contributed by atoms with Crippen LogP contribution in [-0.4, -0.2) is 77.5 Å². The highest BCUT2D eigenvalue weighted by Gasteiger charge is 2.30. The van der Waals surface area contributed by atoms with Crippen molar-refractivity contribution in [1.29, 1.82) is 0 Å². The summed E-state index contributed by atoms with van der Waals surface area (Å²) in [6.45, 7) is 7.45. The molecule has 1 aliphatic heterocycles. The van der Waals surface area contributed by atoms with Crippen molar-refractivity contribution >= 4 is 22.4 Å². The number of carbonyl (C=O) groups excluding carboxylic acids is 1. The number of rotatable bonds is 14. The van der Waals surface area contributed by atoms with E-state index in [4.69, 9.17) is 0 Å². The van der Waals surface area contributed by atoms with Crippen LogP contribution in [0.1, 0.15) is 49.7 Å². The van der Waals surface area contributed by atoms with Gasteiger partial charge in [0.25, 0.3) is 0 Å². The van der Waals surface area contributed by atoms with Crippen LogP contribution in [0.15, 0.2) is 103 Å². The minimum atomic E-state index is -0.322. The van der Waals surface area contributed by atoms with E-state index in [1.165, 1.54) is 21.9 Å². The number of hydrogen-bond donors (Lipinski definition) is 3. The molecule has 2 atom stereocenters. The minimum absolute atomic E-state index is 0.0686. The number of imidazole rings is 1. The van der Waals surface area contributed by atoms with Crippen molar-refractivity contribution in [3.63, 3.8) is 0 Å². The zero-order valence-electron chi connectivity index (χ0n) is 29.4. The lowest BCUT2D eigenvalue weighted by Crippen LogP contribution is -2.49. The molecular weight excluding hydrogens is 606 g/mol. The van der Waals surface area contributed by atoms with E-state index in [-0.39, 0.29) is 18.1 Å². The van der Waals surface area contributed by atoms with Crippen LogP contribution < -0.4 is 10.6 Å². The Morgan fingerprint density at radius 1 is 0.796 bits per heavy atom. The van der Waals surface area contributed by atoms with Gasteiger partial charge in [0.1, 0.15) is 18.0 Å². The van der Waals surface area contributed by atoms with E-state index in [0.29, 0.717) is 13.1 Å². The summed E-state index contributed by atoms with van der Waals surface area (Å²) < 4.78 is 0. The van der Waals surface area contributed by atoms with Crippen LogP contribution >= 0.6 is 0 Å². The molecule has 1 aromatic heterocycles. The van der Waals surface area contributed by atoms with Crippen LogP contribution in [0, 0.1) is 0 Å². The molecule has 1 aliphatic rings. The molecule has 2 heterocycles. The molecule has 49 heavy (non-hydrogen) atoms. The van der Waals surface area contributed by atoms with Gasteiger partial charge in [-0.25, -0.2) is 4.98 Å². The molecule has 1 amide bonds. The molecule has 8 heteroatoms. The van der Waals surface area contributed by atoms with Gasteiger partial charge in [0, 0.05) is 12.7 Å². The Morgan fingerprint density at radius 3 is 2.14 bits per heavy atom. The summed E-state index contributed by atoms with van der Waals surface area (Å²) in [7, 11) is 6.06. The number of carbonyl (C=O) groups is 1. The molecule has 0 aliphatic carbocycles. The molecule has 0 spiro atoms. The van der Waals surface area contributed by atoms with Crippen LogP contribution in [0.5, 0.6) is 0 Å². The normalized spacial score (nSPS) is 14.9. The van der Waals surface area contributed by atoms with Crippen LogP contribution in [0.4, 0.5) is 0 Å². The standard InChI is InChI=1S/C41H49N7O/c1-6-21-47(5)27-38-42-25-36(44-38)30-15-13-29(14-16-30)32-17-18-34-24-35(20-19-33(34)23-32)37-26-43-39(45-37)28-48(22-7-2)41(49)40(46(3)4)31-11-9-8-10-12-31/h8-20,23-26,39-40,43,45H,6-7,21-22,27-28H2,1-5H3,(H,42,44). The van der Waals surface area contributed by atoms with Gasteiger partial charge < -0.3 is 20.5 Å². The summed E-state index contributed by atoms with van der Waals surface area (Å²) in [5, 5.41) is 9.48. The van der Waals surface area contributed by atoms with Crippen molar-refractivity contribution < 1.29 is 4.79 Å². The van der Waals surface area contributed by atoms with Gasteiger partial charge in [-0.2, -0.15) is 0 Å². The molecule has 6 rings (SSSR count). The van der Waals surface area contributed by atoms with E-state index in [9.17, 15) is 4.79 Å². The molecule has 0 saturated carbocycles. The monoisotopic (exact) mass is 655 g/mol. The third-order valence-electron chi connectivity index (χ3n) is 9.17. The predicted molar refractivity (Wildman–Crippen MR) is 201 cm³/mol. The van der Waals surface area contributed by atoms with Crippen LogP contribution in [-0.2, 0) is 11.3 Å². The van der Waals surface area contributed by atoms with E-state index in [2.05, 4.69) is 107 Å². The largest absolute Gasteiger partial charge is 0.368 e. The minimum Gasteiger partial charge on any atom is -0.368 e. The molecule has 5 aromatic rings. The third-order valence-corrected chi connectivity index (χ3v) is 9.17. The molecule has 4 aromatic carbocycles.